The molecule has 0 radical (unpaired) electrons. The predicted molar refractivity (Wildman–Crippen MR) is 175 cm³/mol. The summed E-state index contributed by atoms with van der Waals surface area (Å²) in [6.45, 7) is 8.25. The van der Waals surface area contributed by atoms with Crippen LogP contribution in [0.25, 0.3) is 33.7 Å². The van der Waals surface area contributed by atoms with Gasteiger partial charge in [-0.3, -0.25) is 4.79 Å². The van der Waals surface area contributed by atoms with E-state index in [0.717, 1.165) is 39.4 Å². The number of carbonyl (C=O) groups is 2. The largest absolute Gasteiger partial charge is 0.464 e. The molecule has 0 aliphatic heterocycles. The quantitative estimate of drug-likeness (QED) is 0.126. The number of aryl methyl sites for hydroxylation is 1. The van der Waals surface area contributed by atoms with Crippen molar-refractivity contribution in [3.8, 4) is 22.7 Å². The number of halogens is 2. The Morgan fingerprint density at radius 2 is 1.93 bits per heavy atom. The van der Waals surface area contributed by atoms with E-state index in [1.807, 2.05) is 60.9 Å². The SMILES string of the molecule is CCCCc1nc(Cl)c(C(=O)N[C@H](C(=O)OCC)[C@@H](C)CC)n1Cc1ccc2oc(-c3ccccc3-c3nnn[nH]3)c(Br)c2c1. The number of furan rings is 1. The van der Waals surface area contributed by atoms with Crippen LogP contribution in [0.2, 0.25) is 5.15 Å². The first-order valence-electron chi connectivity index (χ1n) is 15.0. The zero-order chi connectivity index (χ0) is 32.1. The zero-order valence-electron chi connectivity index (χ0n) is 25.6. The number of hydrogen-bond donors (Lipinski definition) is 2. The predicted octanol–water partition coefficient (Wildman–Crippen LogP) is 6.99. The van der Waals surface area contributed by atoms with E-state index in [0.29, 0.717) is 42.4 Å². The van der Waals surface area contributed by atoms with Crippen LogP contribution in [0.15, 0.2) is 51.4 Å². The van der Waals surface area contributed by atoms with Gasteiger partial charge in [0.05, 0.1) is 11.1 Å². The molecule has 3 aromatic heterocycles. The molecule has 5 aromatic rings. The number of ether oxygens (including phenoxy) is 1. The molecule has 0 spiro atoms. The lowest BCUT2D eigenvalue weighted by Gasteiger charge is -2.23. The number of nitrogens with one attached hydrogen (secondary N) is 2. The lowest BCUT2D eigenvalue weighted by molar-refractivity contribution is -0.146. The van der Waals surface area contributed by atoms with Crippen LogP contribution >= 0.6 is 27.5 Å². The second-order valence-corrected chi connectivity index (χ2v) is 12.0. The average molecular weight is 697 g/mol. The summed E-state index contributed by atoms with van der Waals surface area (Å²) in [5.41, 5.74) is 3.42. The Labute approximate surface area is 274 Å². The van der Waals surface area contributed by atoms with Gasteiger partial charge in [-0.2, -0.15) is 0 Å². The molecule has 11 nitrogen and oxygen atoms in total. The summed E-state index contributed by atoms with van der Waals surface area (Å²) in [4.78, 5) is 31.1. The maximum Gasteiger partial charge on any atom is 0.328 e. The third-order valence-corrected chi connectivity index (χ3v) is 8.87. The summed E-state index contributed by atoms with van der Waals surface area (Å²) < 4.78 is 14.2. The van der Waals surface area contributed by atoms with Crippen LogP contribution in [0, 0.1) is 5.92 Å². The molecule has 236 valence electrons. The van der Waals surface area contributed by atoms with E-state index in [-0.39, 0.29) is 23.4 Å². The van der Waals surface area contributed by atoms with Gasteiger partial charge < -0.3 is 19.0 Å². The second kappa shape index (κ2) is 14.4. The van der Waals surface area contributed by atoms with Gasteiger partial charge in [0.1, 0.15) is 28.9 Å². The summed E-state index contributed by atoms with van der Waals surface area (Å²) in [6.07, 6.45) is 3.15. The molecular weight excluding hydrogens is 662 g/mol. The summed E-state index contributed by atoms with van der Waals surface area (Å²) in [6, 6.07) is 12.8. The van der Waals surface area contributed by atoms with Crippen molar-refractivity contribution in [3.63, 3.8) is 0 Å². The number of nitrogens with zero attached hydrogens (tertiary/aromatic N) is 5. The van der Waals surface area contributed by atoms with Gasteiger partial charge in [-0.05, 0) is 63.3 Å². The van der Waals surface area contributed by atoms with Crippen molar-refractivity contribution in [2.45, 2.75) is 66.0 Å². The zero-order valence-corrected chi connectivity index (χ0v) is 27.9. The third-order valence-electron chi connectivity index (χ3n) is 7.82. The molecule has 0 aliphatic carbocycles. The van der Waals surface area contributed by atoms with E-state index in [1.165, 1.54) is 0 Å². The molecule has 45 heavy (non-hydrogen) atoms. The normalized spacial score (nSPS) is 12.8. The smallest absolute Gasteiger partial charge is 0.328 e. The van der Waals surface area contributed by atoms with Crippen molar-refractivity contribution in [1.29, 1.82) is 0 Å². The highest BCUT2D eigenvalue weighted by atomic mass is 79.9. The van der Waals surface area contributed by atoms with E-state index < -0.39 is 17.9 Å². The first-order chi connectivity index (χ1) is 21.8. The molecule has 0 unspecified atom stereocenters. The maximum atomic E-state index is 13.8. The van der Waals surface area contributed by atoms with Crippen LogP contribution < -0.4 is 5.32 Å². The minimum absolute atomic E-state index is 0.0942. The Hall–Kier alpha value is -4.03. The van der Waals surface area contributed by atoms with Gasteiger partial charge in [0, 0.05) is 29.5 Å². The van der Waals surface area contributed by atoms with Crippen LogP contribution in [-0.2, 0) is 22.5 Å². The number of aromatic amines is 1. The molecule has 5 rings (SSSR count). The van der Waals surface area contributed by atoms with Crippen molar-refractivity contribution in [2.75, 3.05) is 6.61 Å². The van der Waals surface area contributed by atoms with Crippen molar-refractivity contribution >= 4 is 50.4 Å². The number of fused-ring (bicyclic) bond motifs is 1. The molecule has 0 aliphatic rings. The molecule has 0 saturated carbocycles. The fourth-order valence-electron chi connectivity index (χ4n) is 5.22. The van der Waals surface area contributed by atoms with Crippen molar-refractivity contribution < 1.29 is 18.7 Å². The molecule has 2 aromatic carbocycles. The van der Waals surface area contributed by atoms with Gasteiger partial charge in [0.15, 0.2) is 11.0 Å². The van der Waals surface area contributed by atoms with Crippen molar-refractivity contribution in [3.05, 3.63) is 69.2 Å². The second-order valence-electron chi connectivity index (χ2n) is 10.8. The summed E-state index contributed by atoms with van der Waals surface area (Å²) in [5, 5.41) is 18.1. The highest BCUT2D eigenvalue weighted by Gasteiger charge is 2.31. The third kappa shape index (κ3) is 6.81. The number of benzene rings is 2. The molecular formula is C32H35BrClN7O4. The van der Waals surface area contributed by atoms with Gasteiger partial charge in [-0.15, -0.1) is 5.10 Å². The number of hydrogen-bond acceptors (Lipinski definition) is 8. The number of esters is 1. The van der Waals surface area contributed by atoms with Gasteiger partial charge in [-0.25, -0.2) is 14.9 Å². The Morgan fingerprint density at radius 1 is 1.16 bits per heavy atom. The molecule has 0 bridgehead atoms. The summed E-state index contributed by atoms with van der Waals surface area (Å²) in [7, 11) is 0. The monoisotopic (exact) mass is 695 g/mol. The van der Waals surface area contributed by atoms with Gasteiger partial charge in [0.2, 0.25) is 0 Å². The molecule has 13 heteroatoms. The van der Waals surface area contributed by atoms with E-state index in [9.17, 15) is 9.59 Å². The number of amides is 1. The summed E-state index contributed by atoms with van der Waals surface area (Å²) in [5.74, 6) is 0.784. The Morgan fingerprint density at radius 3 is 2.62 bits per heavy atom. The van der Waals surface area contributed by atoms with Crippen LogP contribution in [0.4, 0.5) is 0 Å². The number of unbranched alkanes of at least 4 members (excludes halogenated alkanes) is 1. The molecule has 1 amide bonds. The molecule has 2 atom stereocenters. The molecule has 0 fully saturated rings. The number of tetrazole rings is 1. The Balaban J connectivity index is 1.51. The van der Waals surface area contributed by atoms with Crippen molar-refractivity contribution in [1.82, 2.24) is 35.5 Å². The lowest BCUT2D eigenvalue weighted by atomic mass is 9.99. The van der Waals surface area contributed by atoms with Gasteiger partial charge >= 0.3 is 5.97 Å². The minimum atomic E-state index is -0.812. The number of imidazole rings is 1. The lowest BCUT2D eigenvalue weighted by Crippen LogP contribution is -2.46. The van der Waals surface area contributed by atoms with Crippen LogP contribution in [0.5, 0.6) is 0 Å². The van der Waals surface area contributed by atoms with E-state index in [2.05, 4.69) is 53.8 Å². The van der Waals surface area contributed by atoms with Gasteiger partial charge in [0.25, 0.3) is 5.91 Å². The van der Waals surface area contributed by atoms with Crippen LogP contribution in [0.1, 0.15) is 68.8 Å². The first kappa shape index (κ1) is 32.4. The fraction of sp³-hybridized carbons (Fsp3) is 0.375. The highest BCUT2D eigenvalue weighted by molar-refractivity contribution is 9.10. The van der Waals surface area contributed by atoms with Crippen molar-refractivity contribution in [2.24, 2.45) is 5.92 Å². The molecule has 3 heterocycles. The van der Waals surface area contributed by atoms with E-state index in [1.54, 1.807) is 6.92 Å². The number of H-pyrrole nitrogens is 1. The standard InChI is InChI=1S/C32H35BrClN7O4/c1-5-8-13-24-35-29(34)27(31(42)36-26(18(4)6-2)32(43)44-7-3)41(24)17-19-14-15-23-22(16-19)25(33)28(45-23)20-11-9-10-12-21(20)30-37-39-40-38-30/h9-12,14-16,18,26H,5-8,13,17H2,1-4H3,(H,36,42)(H,37,38,39,40)/t18-,26-/m0/s1. The first-order valence-corrected chi connectivity index (χ1v) is 16.2. The Kier molecular flexibility index (Phi) is 10.3. The Bertz CT molecular complexity index is 1800. The van der Waals surface area contributed by atoms with Gasteiger partial charge in [-0.1, -0.05) is 75.5 Å². The maximum absolute atomic E-state index is 13.8. The van der Waals surface area contributed by atoms with Crippen LogP contribution in [0.3, 0.4) is 0 Å². The topological polar surface area (TPSA) is 141 Å². The fourth-order valence-corrected chi connectivity index (χ4v) is 6.11. The molecule has 0 saturated heterocycles. The molecule has 2 N–H and O–H groups in total. The van der Waals surface area contributed by atoms with E-state index in [4.69, 9.17) is 20.8 Å². The van der Waals surface area contributed by atoms with Crippen LogP contribution in [-0.4, -0.2) is 54.7 Å². The summed E-state index contributed by atoms with van der Waals surface area (Å²) >= 11 is 10.4. The highest BCUT2D eigenvalue weighted by Crippen LogP contribution is 2.41. The number of carbonyl (C=O) groups excluding carboxylic acids is 2. The number of aromatic nitrogens is 6. The average Bonchev–Trinajstić information content (AvgIpc) is 3.77. The van der Waals surface area contributed by atoms with E-state index >= 15 is 0 Å². The minimum Gasteiger partial charge on any atom is -0.464 e. The number of rotatable bonds is 13.